The van der Waals surface area contributed by atoms with E-state index in [9.17, 15) is 9.90 Å². The van der Waals surface area contributed by atoms with Crippen LogP contribution in [0.5, 0.6) is 0 Å². The van der Waals surface area contributed by atoms with Crippen LogP contribution in [0, 0.1) is 0 Å². The Bertz CT molecular complexity index is 1470. The Hall–Kier alpha value is -3.88. The number of aliphatic hydroxyl groups is 1. The quantitative estimate of drug-likeness (QED) is 0.406. The molecule has 5 heterocycles. The van der Waals surface area contributed by atoms with Crippen molar-refractivity contribution >= 4 is 34.0 Å². The zero-order valence-corrected chi connectivity index (χ0v) is 16.9. The highest BCUT2D eigenvalue weighted by molar-refractivity contribution is 7.13. The number of aromatic amines is 1. The van der Waals surface area contributed by atoms with Gasteiger partial charge < -0.3 is 15.4 Å². The van der Waals surface area contributed by atoms with Crippen LogP contribution in [0.1, 0.15) is 11.3 Å². The van der Waals surface area contributed by atoms with Crippen molar-refractivity contribution in [2.24, 2.45) is 0 Å². The second kappa shape index (κ2) is 6.56. The van der Waals surface area contributed by atoms with Gasteiger partial charge in [-0.15, -0.1) is 11.3 Å². The Labute approximate surface area is 180 Å². The van der Waals surface area contributed by atoms with Gasteiger partial charge in [0.1, 0.15) is 16.3 Å². The van der Waals surface area contributed by atoms with Crippen molar-refractivity contribution in [1.29, 1.82) is 0 Å². The van der Waals surface area contributed by atoms with Gasteiger partial charge in [-0.1, -0.05) is 18.2 Å². The molecule has 0 aliphatic carbocycles. The van der Waals surface area contributed by atoms with Gasteiger partial charge in [-0.2, -0.15) is 0 Å². The van der Waals surface area contributed by atoms with Gasteiger partial charge in [0.05, 0.1) is 11.4 Å². The molecule has 0 spiro atoms. The molecule has 6 rings (SSSR count). The number of thiazole rings is 1. The molecule has 1 aliphatic heterocycles. The summed E-state index contributed by atoms with van der Waals surface area (Å²) < 4.78 is 0. The number of carbonyl (C=O) groups excluding carboxylic acids is 1. The molecular weight excluding hydrogens is 410 g/mol. The fourth-order valence-corrected chi connectivity index (χ4v) is 4.81. The van der Waals surface area contributed by atoms with Gasteiger partial charge >= 0.3 is 0 Å². The molecule has 31 heavy (non-hydrogen) atoms. The van der Waals surface area contributed by atoms with Crippen LogP contribution in [-0.2, 0) is 10.4 Å². The molecule has 150 valence electrons. The van der Waals surface area contributed by atoms with E-state index in [1.54, 1.807) is 36.7 Å². The maximum Gasteiger partial charge on any atom is 0.267 e. The van der Waals surface area contributed by atoms with Crippen LogP contribution in [0.2, 0.25) is 0 Å². The molecule has 5 aromatic rings. The van der Waals surface area contributed by atoms with E-state index in [-0.39, 0.29) is 0 Å². The zero-order valence-electron chi connectivity index (χ0n) is 16.0. The van der Waals surface area contributed by atoms with E-state index in [0.29, 0.717) is 16.9 Å². The van der Waals surface area contributed by atoms with Crippen LogP contribution >= 0.6 is 11.3 Å². The van der Waals surface area contributed by atoms with Crippen molar-refractivity contribution in [2.45, 2.75) is 5.60 Å². The van der Waals surface area contributed by atoms with E-state index >= 15 is 0 Å². The monoisotopic (exact) mass is 425 g/mol. The SMILES string of the molecule is O=C1Nc2cccnc2[C@@]1(O)c1cccc(-c2csc(-c3c[nH]c4ncccc34)n2)c1. The first kappa shape index (κ1) is 17.9. The third-order valence-corrected chi connectivity index (χ3v) is 6.36. The highest BCUT2D eigenvalue weighted by Crippen LogP contribution is 2.40. The molecule has 3 N–H and O–H groups in total. The number of aromatic nitrogens is 4. The lowest BCUT2D eigenvalue weighted by atomic mass is 9.89. The summed E-state index contributed by atoms with van der Waals surface area (Å²) in [5.74, 6) is -0.511. The molecule has 7 nitrogen and oxygen atoms in total. The van der Waals surface area contributed by atoms with Gasteiger partial charge in [0.2, 0.25) is 5.60 Å². The molecule has 0 unspecified atom stereocenters. The number of H-pyrrole nitrogens is 1. The largest absolute Gasteiger partial charge is 0.370 e. The number of rotatable bonds is 3. The van der Waals surface area contributed by atoms with Gasteiger partial charge in [-0.25, -0.2) is 9.97 Å². The average Bonchev–Trinajstić information content (AvgIpc) is 3.51. The summed E-state index contributed by atoms with van der Waals surface area (Å²) in [6.45, 7) is 0. The third-order valence-electron chi connectivity index (χ3n) is 5.49. The number of anilines is 1. The zero-order chi connectivity index (χ0) is 21.0. The van der Waals surface area contributed by atoms with Crippen LogP contribution in [0.15, 0.2) is 72.5 Å². The molecule has 0 bridgehead atoms. The van der Waals surface area contributed by atoms with Crippen LogP contribution in [0.25, 0.3) is 32.9 Å². The highest BCUT2D eigenvalue weighted by atomic mass is 32.1. The predicted octanol–water partition coefficient (Wildman–Crippen LogP) is 3.94. The van der Waals surface area contributed by atoms with E-state index in [0.717, 1.165) is 32.9 Å². The number of hydrogen-bond acceptors (Lipinski definition) is 6. The van der Waals surface area contributed by atoms with Crippen molar-refractivity contribution < 1.29 is 9.90 Å². The second-order valence-corrected chi connectivity index (χ2v) is 8.14. The summed E-state index contributed by atoms with van der Waals surface area (Å²) >= 11 is 1.53. The molecular formula is C23H15N5O2S. The number of amides is 1. The van der Waals surface area contributed by atoms with E-state index in [1.165, 1.54) is 11.3 Å². The van der Waals surface area contributed by atoms with Crippen molar-refractivity contribution in [3.63, 3.8) is 0 Å². The lowest BCUT2D eigenvalue weighted by molar-refractivity contribution is -0.129. The fraction of sp³-hybridized carbons (Fsp3) is 0.0435. The summed E-state index contributed by atoms with van der Waals surface area (Å²) in [5, 5.41) is 17.9. The number of nitrogens with one attached hydrogen (secondary N) is 2. The van der Waals surface area contributed by atoms with Crippen LogP contribution < -0.4 is 5.32 Å². The van der Waals surface area contributed by atoms with Crippen molar-refractivity contribution in [1.82, 2.24) is 19.9 Å². The van der Waals surface area contributed by atoms with Gasteiger partial charge in [0, 0.05) is 40.5 Å². The third kappa shape index (κ3) is 2.62. The summed E-state index contributed by atoms with van der Waals surface area (Å²) in [5.41, 5.74) is 2.82. The van der Waals surface area contributed by atoms with Crippen LogP contribution in [0.4, 0.5) is 5.69 Å². The van der Waals surface area contributed by atoms with Crippen molar-refractivity contribution in [3.05, 3.63) is 83.8 Å². The Balaban J connectivity index is 1.42. The Morgan fingerprint density at radius 3 is 2.84 bits per heavy atom. The van der Waals surface area contributed by atoms with Crippen LogP contribution in [-0.4, -0.2) is 30.9 Å². The van der Waals surface area contributed by atoms with Gasteiger partial charge in [-0.05, 0) is 35.9 Å². The number of carbonyl (C=O) groups is 1. The van der Waals surface area contributed by atoms with E-state index < -0.39 is 11.5 Å². The maximum atomic E-state index is 12.7. The van der Waals surface area contributed by atoms with E-state index in [1.807, 2.05) is 35.8 Å². The Morgan fingerprint density at radius 1 is 1.03 bits per heavy atom. The minimum atomic E-state index is -1.84. The molecule has 0 saturated carbocycles. The first-order valence-corrected chi connectivity index (χ1v) is 10.5. The Kier molecular flexibility index (Phi) is 3.80. The maximum absolute atomic E-state index is 12.7. The predicted molar refractivity (Wildman–Crippen MR) is 119 cm³/mol. The molecule has 8 heteroatoms. The summed E-state index contributed by atoms with van der Waals surface area (Å²) in [7, 11) is 0. The number of fused-ring (bicyclic) bond motifs is 2. The van der Waals surface area contributed by atoms with Crippen molar-refractivity contribution in [3.8, 4) is 21.8 Å². The van der Waals surface area contributed by atoms with Crippen LogP contribution in [0.3, 0.4) is 0 Å². The first-order valence-electron chi connectivity index (χ1n) is 9.63. The average molecular weight is 425 g/mol. The van der Waals surface area contributed by atoms with E-state index in [4.69, 9.17) is 4.98 Å². The molecule has 0 fully saturated rings. The van der Waals surface area contributed by atoms with Crippen molar-refractivity contribution in [2.75, 3.05) is 5.32 Å². The molecule has 0 radical (unpaired) electrons. The molecule has 4 aromatic heterocycles. The van der Waals surface area contributed by atoms with Gasteiger partial charge in [0.15, 0.2) is 0 Å². The summed E-state index contributed by atoms with van der Waals surface area (Å²) in [6, 6.07) is 14.6. The lowest BCUT2D eigenvalue weighted by Crippen LogP contribution is -2.35. The Morgan fingerprint density at radius 2 is 1.90 bits per heavy atom. The number of hydrogen-bond donors (Lipinski definition) is 3. The number of pyridine rings is 2. The normalized spacial score (nSPS) is 17.6. The lowest BCUT2D eigenvalue weighted by Gasteiger charge is -2.20. The molecule has 1 amide bonds. The molecule has 1 aliphatic rings. The number of nitrogens with zero attached hydrogens (tertiary/aromatic N) is 3. The standard InChI is InChI=1S/C23H15N5O2S/c29-22-23(30,19-17(28-22)7-3-8-24-19)14-5-1-4-13(10-14)18-12-31-21(27-18)16-11-26-20-15(16)6-2-9-25-20/h1-12,30H,(H,25,26)(H,28,29)/t23-/m0/s1. The second-order valence-electron chi connectivity index (χ2n) is 7.28. The smallest absolute Gasteiger partial charge is 0.267 e. The van der Waals surface area contributed by atoms with E-state index in [2.05, 4.69) is 20.3 Å². The van der Waals surface area contributed by atoms with Gasteiger partial charge in [0.25, 0.3) is 5.91 Å². The minimum Gasteiger partial charge on any atom is -0.370 e. The molecule has 1 aromatic carbocycles. The molecule has 0 saturated heterocycles. The highest BCUT2D eigenvalue weighted by Gasteiger charge is 2.48. The topological polar surface area (TPSA) is 104 Å². The minimum absolute atomic E-state index is 0.308. The number of benzene rings is 1. The summed E-state index contributed by atoms with van der Waals surface area (Å²) in [4.78, 5) is 29.2. The summed E-state index contributed by atoms with van der Waals surface area (Å²) in [6.07, 6.45) is 5.22. The first-order chi connectivity index (χ1) is 15.1. The fourth-order valence-electron chi connectivity index (χ4n) is 3.95. The van der Waals surface area contributed by atoms with Gasteiger partial charge in [-0.3, -0.25) is 9.78 Å². The molecule has 1 atom stereocenters.